The minimum absolute atomic E-state index is 0.806. The van der Waals surface area contributed by atoms with E-state index in [4.69, 9.17) is 4.84 Å². The third-order valence-electron chi connectivity index (χ3n) is 0.764. The Balaban J connectivity index is 2.42. The Labute approximate surface area is 42.8 Å². The third kappa shape index (κ3) is 0.899. The van der Waals surface area contributed by atoms with Crippen molar-refractivity contribution in [1.82, 2.24) is 5.06 Å². The Morgan fingerprint density at radius 1 is 1.86 bits per heavy atom. The fraction of sp³-hybridized carbons (Fsp3) is 0.750. The number of hydroxylamine groups is 2. The Bertz CT molecular complexity index is 99.9. The van der Waals surface area contributed by atoms with Crippen molar-refractivity contribution in [3.05, 3.63) is 0 Å². The Hall–Kier alpha value is -0.570. The maximum absolute atomic E-state index is 4.77. The maximum Gasteiger partial charge on any atom is 0.198 e. The van der Waals surface area contributed by atoms with Gasteiger partial charge in [-0.1, -0.05) is 0 Å². The van der Waals surface area contributed by atoms with Crippen molar-refractivity contribution in [3.63, 3.8) is 0 Å². The minimum atomic E-state index is 0.806. The van der Waals surface area contributed by atoms with Crippen molar-refractivity contribution >= 4 is 6.40 Å². The molecule has 0 N–H and O–H groups in total. The topological polar surface area (TPSA) is 15.5 Å². The lowest BCUT2D eigenvalue weighted by Gasteiger charge is -2.05. The second kappa shape index (κ2) is 1.50. The first kappa shape index (κ1) is 4.59. The van der Waals surface area contributed by atoms with Crippen LogP contribution in [-0.2, 0) is 4.84 Å². The molecule has 1 rings (SSSR count). The molecule has 0 amide bonds. The summed E-state index contributed by atoms with van der Waals surface area (Å²) in [4.78, 5) is 4.77. The third-order valence-corrected chi connectivity index (χ3v) is 0.764. The van der Waals surface area contributed by atoms with E-state index in [1.165, 1.54) is 0 Å². The van der Waals surface area contributed by atoms with Crippen LogP contribution >= 0.6 is 0 Å². The molecule has 0 spiro atoms. The van der Waals surface area contributed by atoms with Crippen LogP contribution in [0.1, 0.15) is 0 Å². The van der Waals surface area contributed by atoms with Crippen LogP contribution in [0.3, 0.4) is 0 Å². The number of hydrogen-bond donors (Lipinski definition) is 0. The largest absolute Gasteiger partial charge is 0.538 e. The zero-order valence-electron chi connectivity index (χ0n) is 4.51. The van der Waals surface area contributed by atoms with E-state index in [9.17, 15) is 0 Å². The molecule has 7 heavy (non-hydrogen) atoms. The van der Waals surface area contributed by atoms with Crippen LogP contribution in [0.2, 0.25) is 0 Å². The van der Waals surface area contributed by atoms with Gasteiger partial charge in [0, 0.05) is 13.4 Å². The van der Waals surface area contributed by atoms with Crippen LogP contribution in [0.4, 0.5) is 0 Å². The molecule has 0 saturated heterocycles. The van der Waals surface area contributed by atoms with Crippen LogP contribution in [0.5, 0.6) is 0 Å². The predicted molar refractivity (Wildman–Crippen MR) is 24.9 cm³/mol. The molecule has 0 saturated carbocycles. The number of hydrogen-bond acceptors (Lipinski definition) is 2. The Morgan fingerprint density at radius 3 is 2.71 bits per heavy atom. The highest BCUT2D eigenvalue weighted by molar-refractivity contribution is 5.39. The van der Waals surface area contributed by atoms with Crippen LogP contribution < -0.4 is 0 Å². The molecule has 0 aromatic heterocycles. The van der Waals surface area contributed by atoms with E-state index in [0.717, 1.165) is 6.67 Å². The van der Waals surface area contributed by atoms with Crippen molar-refractivity contribution in [3.8, 4) is 0 Å². The molecule has 0 aliphatic carbocycles. The van der Waals surface area contributed by atoms with Crippen molar-refractivity contribution in [2.45, 2.75) is 0 Å². The average molecular weight is 100 g/mol. The predicted octanol–water partition coefficient (Wildman–Crippen LogP) is -0.632. The monoisotopic (exact) mass is 100 g/mol. The average Bonchev–Trinajstić information content (AvgIpc) is 1.87. The van der Waals surface area contributed by atoms with E-state index in [-0.39, 0.29) is 0 Å². The zero-order chi connectivity index (χ0) is 5.28. The summed E-state index contributed by atoms with van der Waals surface area (Å²) in [5, 5.41) is 1.69. The van der Waals surface area contributed by atoms with Gasteiger partial charge < -0.3 is 9.41 Å². The van der Waals surface area contributed by atoms with E-state index in [1.54, 1.807) is 5.06 Å². The van der Waals surface area contributed by atoms with Crippen molar-refractivity contribution in [2.24, 2.45) is 0 Å². The second-order valence-corrected chi connectivity index (χ2v) is 1.65. The zero-order valence-corrected chi connectivity index (χ0v) is 4.51. The summed E-state index contributed by atoms with van der Waals surface area (Å²) in [5.41, 5.74) is 0. The quantitative estimate of drug-likeness (QED) is 0.297. The molecule has 1 heterocycles. The van der Waals surface area contributed by atoms with E-state index in [0.29, 0.717) is 0 Å². The highest BCUT2D eigenvalue weighted by Gasteiger charge is 2.00. The van der Waals surface area contributed by atoms with Gasteiger partial charge in [0.2, 0.25) is 0 Å². The fourth-order valence-corrected chi connectivity index (χ4v) is 0.496. The lowest BCUT2D eigenvalue weighted by molar-refractivity contribution is -0.502. The molecule has 0 atom stereocenters. The molecule has 0 radical (unpaired) electrons. The highest BCUT2D eigenvalue weighted by atomic mass is 16.7. The van der Waals surface area contributed by atoms with Gasteiger partial charge in [0.25, 0.3) is 0 Å². The summed E-state index contributed by atoms with van der Waals surface area (Å²) < 4.78 is 1.83. The first-order valence-corrected chi connectivity index (χ1v) is 2.14. The molecule has 40 valence electrons. The van der Waals surface area contributed by atoms with Gasteiger partial charge in [0.1, 0.15) is 7.05 Å². The summed E-state index contributed by atoms with van der Waals surface area (Å²) in [5.74, 6) is 0. The van der Waals surface area contributed by atoms with E-state index < -0.39 is 0 Å². The van der Waals surface area contributed by atoms with Gasteiger partial charge in [0.15, 0.2) is 6.67 Å². The number of rotatable bonds is 0. The summed E-state index contributed by atoms with van der Waals surface area (Å²) in [6.45, 7) is 0.806. The number of nitrogens with zero attached hydrogens (tertiary/aromatic N) is 2. The minimum Gasteiger partial charge on any atom is -0.538 e. The van der Waals surface area contributed by atoms with Crippen LogP contribution in [0.15, 0.2) is 0 Å². The summed E-state index contributed by atoms with van der Waals surface area (Å²) in [6, 6.07) is 0. The SMILES string of the molecule is CN1C[N+](C)=[C-]O1. The van der Waals surface area contributed by atoms with Crippen LogP contribution in [0.25, 0.3) is 0 Å². The fourth-order valence-electron chi connectivity index (χ4n) is 0.496. The van der Waals surface area contributed by atoms with Crippen LogP contribution in [-0.4, -0.2) is 36.8 Å². The Kier molecular flexibility index (Phi) is 0.982. The molecule has 0 aromatic carbocycles. The van der Waals surface area contributed by atoms with Crippen LogP contribution in [0, 0.1) is 0 Å². The van der Waals surface area contributed by atoms with E-state index >= 15 is 0 Å². The van der Waals surface area contributed by atoms with Gasteiger partial charge in [0.05, 0.1) is 0 Å². The van der Waals surface area contributed by atoms with Gasteiger partial charge in [-0.15, -0.1) is 5.06 Å². The lowest BCUT2D eigenvalue weighted by atomic mass is 10.9. The molecule has 1 aliphatic rings. The standard InChI is InChI=1S/C4H8N2O/c1-5-3-6(2)7-4-5/h3H2,1-2H3. The van der Waals surface area contributed by atoms with Crippen molar-refractivity contribution in [2.75, 3.05) is 20.8 Å². The van der Waals surface area contributed by atoms with Gasteiger partial charge in [-0.2, -0.15) is 0 Å². The van der Waals surface area contributed by atoms with Crippen molar-refractivity contribution in [1.29, 1.82) is 0 Å². The molecule has 3 heteroatoms. The molecular formula is C4H8N2O. The molecule has 0 fully saturated rings. The molecule has 0 bridgehead atoms. The molecular weight excluding hydrogens is 92.1 g/mol. The van der Waals surface area contributed by atoms with E-state index in [2.05, 4.69) is 6.40 Å². The highest BCUT2D eigenvalue weighted by Crippen LogP contribution is 1.87. The van der Waals surface area contributed by atoms with Gasteiger partial charge in [-0.05, 0) is 0 Å². The lowest BCUT2D eigenvalue weighted by Crippen LogP contribution is -2.15. The molecule has 1 aliphatic heterocycles. The normalized spacial score (nSPS) is 21.7. The summed E-state index contributed by atoms with van der Waals surface area (Å²) in [7, 11) is 3.76. The smallest absolute Gasteiger partial charge is 0.198 e. The Morgan fingerprint density at radius 2 is 2.57 bits per heavy atom. The van der Waals surface area contributed by atoms with Crippen molar-refractivity contribution < 1.29 is 9.41 Å². The van der Waals surface area contributed by atoms with Gasteiger partial charge in [-0.25, -0.2) is 0 Å². The summed E-state index contributed by atoms with van der Waals surface area (Å²) in [6.07, 6.45) is 2.63. The van der Waals surface area contributed by atoms with E-state index in [1.807, 2.05) is 18.7 Å². The first-order chi connectivity index (χ1) is 3.29. The first-order valence-electron chi connectivity index (χ1n) is 2.14. The van der Waals surface area contributed by atoms with Gasteiger partial charge >= 0.3 is 0 Å². The summed E-state index contributed by atoms with van der Waals surface area (Å²) >= 11 is 0. The van der Waals surface area contributed by atoms with Gasteiger partial charge in [-0.3, -0.25) is 0 Å². The maximum atomic E-state index is 4.77. The molecule has 3 nitrogen and oxygen atoms in total. The molecule has 0 aromatic rings. The second-order valence-electron chi connectivity index (χ2n) is 1.65. The molecule has 0 unspecified atom stereocenters.